The Bertz CT molecular complexity index is 744. The molecular formula is C13H11N2O+. The Morgan fingerprint density at radius 3 is 2.56 bits per heavy atom. The monoisotopic (exact) mass is 211 g/mol. The van der Waals surface area contributed by atoms with Crippen molar-refractivity contribution >= 4 is 27.6 Å². The highest BCUT2D eigenvalue weighted by molar-refractivity contribution is 5.95. The lowest BCUT2D eigenvalue weighted by Crippen LogP contribution is -2.45. The van der Waals surface area contributed by atoms with Gasteiger partial charge in [-0.15, -0.1) is 0 Å². The summed E-state index contributed by atoms with van der Waals surface area (Å²) in [6.45, 7) is 0. The second kappa shape index (κ2) is 3.10. The molecule has 3 heteroatoms. The van der Waals surface area contributed by atoms with Gasteiger partial charge in [-0.05, 0) is 24.3 Å². The van der Waals surface area contributed by atoms with Crippen LogP contribution in [0.15, 0.2) is 46.9 Å². The van der Waals surface area contributed by atoms with Crippen LogP contribution in [0.5, 0.6) is 0 Å². The number of hydrogen-bond acceptors (Lipinski definition) is 2. The van der Waals surface area contributed by atoms with E-state index < -0.39 is 0 Å². The first-order valence-corrected chi connectivity index (χ1v) is 5.06. The molecular weight excluding hydrogens is 200 g/mol. The Hall–Kier alpha value is -2.29. The lowest BCUT2D eigenvalue weighted by Gasteiger charge is -2.01. The SMILES string of the molecule is Nc1cccc2oc3ccccc3c(=[NH2+])c12. The number of nitrogens with two attached hydrogens (primary N) is 2. The van der Waals surface area contributed by atoms with Gasteiger partial charge in [-0.3, -0.25) is 5.41 Å². The van der Waals surface area contributed by atoms with Crippen molar-refractivity contribution in [2.75, 3.05) is 5.73 Å². The summed E-state index contributed by atoms with van der Waals surface area (Å²) in [6.07, 6.45) is 0. The smallest absolute Gasteiger partial charge is 0.220 e. The van der Waals surface area contributed by atoms with E-state index in [1.807, 2.05) is 42.5 Å². The molecule has 0 amide bonds. The van der Waals surface area contributed by atoms with Gasteiger partial charge in [0.2, 0.25) is 5.36 Å². The van der Waals surface area contributed by atoms with Crippen molar-refractivity contribution in [1.82, 2.24) is 0 Å². The molecule has 16 heavy (non-hydrogen) atoms. The van der Waals surface area contributed by atoms with Crippen molar-refractivity contribution in [2.24, 2.45) is 0 Å². The highest BCUT2D eigenvalue weighted by Crippen LogP contribution is 2.21. The molecule has 0 aliphatic rings. The second-order valence-corrected chi connectivity index (χ2v) is 3.73. The molecule has 1 heterocycles. The number of nitrogen functional groups attached to an aromatic ring is 1. The van der Waals surface area contributed by atoms with E-state index >= 15 is 0 Å². The molecule has 0 radical (unpaired) electrons. The van der Waals surface area contributed by atoms with Crippen LogP contribution in [0, 0.1) is 0 Å². The van der Waals surface area contributed by atoms with Crippen molar-refractivity contribution in [3.63, 3.8) is 0 Å². The van der Waals surface area contributed by atoms with Crippen LogP contribution >= 0.6 is 0 Å². The number of rotatable bonds is 0. The van der Waals surface area contributed by atoms with Crippen LogP contribution in [0.2, 0.25) is 0 Å². The van der Waals surface area contributed by atoms with Gasteiger partial charge in [0, 0.05) is 5.69 Å². The fourth-order valence-corrected chi connectivity index (χ4v) is 1.95. The van der Waals surface area contributed by atoms with E-state index in [2.05, 4.69) is 0 Å². The third-order valence-electron chi connectivity index (χ3n) is 2.72. The zero-order chi connectivity index (χ0) is 11.1. The van der Waals surface area contributed by atoms with Crippen LogP contribution in [0.25, 0.3) is 21.9 Å². The topological polar surface area (TPSA) is 64.8 Å². The predicted molar refractivity (Wildman–Crippen MR) is 63.2 cm³/mol. The molecule has 3 rings (SSSR count). The molecule has 0 bridgehead atoms. The van der Waals surface area contributed by atoms with Crippen LogP contribution in [0.4, 0.5) is 5.69 Å². The molecule has 0 saturated heterocycles. The average molecular weight is 211 g/mol. The summed E-state index contributed by atoms with van der Waals surface area (Å²) in [6, 6.07) is 13.2. The van der Waals surface area contributed by atoms with Gasteiger partial charge >= 0.3 is 0 Å². The Morgan fingerprint density at radius 2 is 1.69 bits per heavy atom. The van der Waals surface area contributed by atoms with Crippen molar-refractivity contribution < 1.29 is 9.83 Å². The van der Waals surface area contributed by atoms with Gasteiger partial charge in [0.25, 0.3) is 0 Å². The number of para-hydroxylation sites is 1. The van der Waals surface area contributed by atoms with Gasteiger partial charge in [0.05, 0.1) is 5.39 Å². The van der Waals surface area contributed by atoms with Gasteiger partial charge in [0.15, 0.2) is 0 Å². The lowest BCUT2D eigenvalue weighted by molar-refractivity contribution is -0.168. The summed E-state index contributed by atoms with van der Waals surface area (Å²) in [5, 5.41) is 8.48. The first-order valence-electron chi connectivity index (χ1n) is 5.06. The van der Waals surface area contributed by atoms with Crippen molar-refractivity contribution in [1.29, 1.82) is 0 Å². The molecule has 3 nitrogen and oxygen atoms in total. The van der Waals surface area contributed by atoms with Gasteiger partial charge in [-0.1, -0.05) is 18.2 Å². The molecule has 1 aromatic heterocycles. The Kier molecular flexibility index (Phi) is 1.74. The van der Waals surface area contributed by atoms with E-state index in [-0.39, 0.29) is 0 Å². The Labute approximate surface area is 91.6 Å². The quantitative estimate of drug-likeness (QED) is 0.427. The molecule has 78 valence electrons. The minimum Gasteiger partial charge on any atom is -0.456 e. The summed E-state index contributed by atoms with van der Waals surface area (Å²) in [5.74, 6) is 0. The normalized spacial score (nSPS) is 11.0. The lowest BCUT2D eigenvalue weighted by atomic mass is 10.1. The maximum atomic E-state index is 6.12. The maximum absolute atomic E-state index is 6.12. The van der Waals surface area contributed by atoms with Crippen LogP contribution in [-0.2, 0) is 0 Å². The largest absolute Gasteiger partial charge is 0.456 e. The number of benzene rings is 2. The fraction of sp³-hybridized carbons (Fsp3) is 0. The van der Waals surface area contributed by atoms with E-state index in [0.29, 0.717) is 11.0 Å². The molecule has 0 spiro atoms. The first kappa shape index (κ1) is 8.97. The second-order valence-electron chi connectivity index (χ2n) is 3.73. The highest BCUT2D eigenvalue weighted by Gasteiger charge is 2.09. The molecule has 0 aliphatic heterocycles. The Morgan fingerprint density at radius 1 is 0.938 bits per heavy atom. The molecule has 0 aliphatic carbocycles. The molecule has 2 aromatic carbocycles. The first-order chi connectivity index (χ1) is 7.77. The van der Waals surface area contributed by atoms with Gasteiger partial charge < -0.3 is 10.2 Å². The third-order valence-corrected chi connectivity index (χ3v) is 2.72. The van der Waals surface area contributed by atoms with Gasteiger partial charge in [0.1, 0.15) is 16.6 Å². The van der Waals surface area contributed by atoms with Crippen LogP contribution in [0.1, 0.15) is 0 Å². The standard InChI is InChI=1S/C13H10N2O/c14-9-5-3-7-11-12(9)13(15)8-4-1-2-6-10(8)16-11/h1-7,15H,14H2/p+1. The van der Waals surface area contributed by atoms with Crippen LogP contribution in [-0.4, -0.2) is 0 Å². The summed E-state index contributed by atoms with van der Waals surface area (Å²) >= 11 is 0. The number of anilines is 1. The molecule has 0 unspecified atom stereocenters. The van der Waals surface area contributed by atoms with E-state index in [0.717, 1.165) is 21.9 Å². The fourth-order valence-electron chi connectivity index (χ4n) is 1.95. The van der Waals surface area contributed by atoms with E-state index in [1.165, 1.54) is 0 Å². The zero-order valence-corrected chi connectivity index (χ0v) is 8.60. The number of hydrogen-bond donors (Lipinski definition) is 2. The summed E-state index contributed by atoms with van der Waals surface area (Å²) in [4.78, 5) is 0. The molecule has 3 aromatic rings. The highest BCUT2D eigenvalue weighted by atomic mass is 16.3. The summed E-state index contributed by atoms with van der Waals surface area (Å²) in [7, 11) is 0. The number of fused-ring (bicyclic) bond motifs is 2. The minimum atomic E-state index is 0.643. The average Bonchev–Trinajstić information content (AvgIpc) is 2.29. The predicted octanol–water partition coefficient (Wildman–Crippen LogP) is 0.828. The molecule has 0 saturated carbocycles. The van der Waals surface area contributed by atoms with Crippen molar-refractivity contribution in [2.45, 2.75) is 0 Å². The zero-order valence-electron chi connectivity index (χ0n) is 8.60. The minimum absolute atomic E-state index is 0.643. The molecule has 0 atom stereocenters. The van der Waals surface area contributed by atoms with Crippen molar-refractivity contribution in [3.8, 4) is 0 Å². The van der Waals surface area contributed by atoms with Gasteiger partial charge in [-0.25, -0.2) is 0 Å². The molecule has 0 fully saturated rings. The summed E-state index contributed by atoms with van der Waals surface area (Å²) < 4.78 is 5.75. The molecule has 4 N–H and O–H groups in total. The van der Waals surface area contributed by atoms with Crippen LogP contribution < -0.4 is 16.5 Å². The summed E-state index contributed by atoms with van der Waals surface area (Å²) in [5.41, 5.74) is 8.05. The maximum Gasteiger partial charge on any atom is 0.220 e. The van der Waals surface area contributed by atoms with Crippen molar-refractivity contribution in [3.05, 3.63) is 47.8 Å². The van der Waals surface area contributed by atoms with Gasteiger partial charge in [-0.2, -0.15) is 0 Å². The third kappa shape index (κ3) is 1.11. The van der Waals surface area contributed by atoms with E-state index in [1.54, 1.807) is 0 Å². The van der Waals surface area contributed by atoms with E-state index in [9.17, 15) is 0 Å². The Balaban J connectivity index is 2.67. The van der Waals surface area contributed by atoms with Crippen LogP contribution in [0.3, 0.4) is 0 Å². The van der Waals surface area contributed by atoms with E-state index in [4.69, 9.17) is 15.6 Å².